The maximum Gasteiger partial charge on any atom is 0.308 e. The molecule has 1 aromatic carbocycles. The van der Waals surface area contributed by atoms with E-state index in [-0.39, 0.29) is 58.9 Å². The van der Waals surface area contributed by atoms with Crippen LogP contribution in [0.25, 0.3) is 0 Å². The van der Waals surface area contributed by atoms with E-state index >= 15 is 0 Å². The molecule has 4 aliphatic rings. The summed E-state index contributed by atoms with van der Waals surface area (Å²) >= 11 is 0. The summed E-state index contributed by atoms with van der Waals surface area (Å²) in [5, 5.41) is 32.3. The Morgan fingerprint density at radius 1 is 0.632 bits per heavy atom. The van der Waals surface area contributed by atoms with Gasteiger partial charge in [0.1, 0.15) is 0 Å². The molecule has 2 aliphatic heterocycles. The van der Waals surface area contributed by atoms with Gasteiger partial charge >= 0.3 is 11.9 Å². The fourth-order valence-corrected chi connectivity index (χ4v) is 12.5. The van der Waals surface area contributed by atoms with E-state index in [9.17, 15) is 33.3 Å². The van der Waals surface area contributed by atoms with Crippen molar-refractivity contribution in [2.75, 3.05) is 33.0 Å². The number of ether oxygens (including phenoxy) is 6. The Bertz CT molecular complexity index is 1920. The topological polar surface area (TPSA) is 194 Å². The Kier molecular flexibility index (Phi) is 30.4. The molecule has 0 bridgehead atoms. The number of carbonyl (C=O) groups excluding carboxylic acids is 2. The number of carbonyl (C=O) groups is 2. The van der Waals surface area contributed by atoms with Crippen LogP contribution in [0.3, 0.4) is 0 Å². The molecule has 2 aliphatic carbocycles. The molecule has 2 heterocycles. The molecule has 8 atom stereocenters. The molecule has 436 valence electrons. The molecular weight excluding hydrogens is 989 g/mol. The van der Waals surface area contributed by atoms with Gasteiger partial charge in [0.05, 0.1) is 74.4 Å². The number of aliphatic hydroxyl groups is 3. The zero-order valence-corrected chi connectivity index (χ0v) is 48.7. The zero-order valence-electron chi connectivity index (χ0n) is 47.8. The van der Waals surface area contributed by atoms with Crippen molar-refractivity contribution in [3.8, 4) is 0 Å². The second-order valence-corrected chi connectivity index (χ2v) is 24.2. The van der Waals surface area contributed by atoms with Crippen LogP contribution in [-0.4, -0.2) is 111 Å². The fourth-order valence-electron chi connectivity index (χ4n) is 11.4. The number of rotatable bonds is 35. The third kappa shape index (κ3) is 23.2. The SMILES string of the molecule is CCCCCCCC1(CC[C@@H]2[C@@H](C/C=C\CCCC(=O)OC(C)C)[C@@H](O)C[C@H]2OS(=O)(=O)c2ccc(C)cc2)OCCO1.CCCCCCCC1(CC[C@@H]2[C@@H](C/C=C\CCCOC(=O)C(C)C)[C@@H](O)C[C@H]2O)OCCO1. The molecule has 14 nitrogen and oxygen atoms in total. The van der Waals surface area contributed by atoms with Gasteiger partial charge in [-0.2, -0.15) is 8.42 Å². The molecule has 3 N–H and O–H groups in total. The second-order valence-electron chi connectivity index (χ2n) is 22.7. The first-order valence-corrected chi connectivity index (χ1v) is 31.1. The average Bonchev–Trinajstić information content (AvgIpc) is 4.17. The maximum atomic E-state index is 13.3. The van der Waals surface area contributed by atoms with Crippen molar-refractivity contribution >= 4 is 22.1 Å². The molecule has 15 heteroatoms. The predicted molar refractivity (Wildman–Crippen MR) is 297 cm³/mol. The highest BCUT2D eigenvalue weighted by atomic mass is 32.2. The van der Waals surface area contributed by atoms with Crippen LogP contribution < -0.4 is 0 Å². The van der Waals surface area contributed by atoms with E-state index in [1.54, 1.807) is 24.3 Å². The molecule has 1 aromatic rings. The zero-order chi connectivity index (χ0) is 55.4. The van der Waals surface area contributed by atoms with Gasteiger partial charge in [0.25, 0.3) is 10.1 Å². The van der Waals surface area contributed by atoms with Gasteiger partial charge in [-0.25, -0.2) is 0 Å². The summed E-state index contributed by atoms with van der Waals surface area (Å²) in [6, 6.07) is 6.64. The van der Waals surface area contributed by atoms with E-state index in [2.05, 4.69) is 26.0 Å². The van der Waals surface area contributed by atoms with E-state index in [1.165, 1.54) is 44.9 Å². The minimum Gasteiger partial charge on any atom is -0.465 e. The van der Waals surface area contributed by atoms with Crippen molar-refractivity contribution in [1.29, 1.82) is 0 Å². The highest BCUT2D eigenvalue weighted by molar-refractivity contribution is 7.86. The molecule has 0 unspecified atom stereocenters. The first kappa shape index (κ1) is 65.8. The number of allylic oxidation sites excluding steroid dienone is 4. The number of benzene rings is 1. The number of hydrogen-bond acceptors (Lipinski definition) is 14. The van der Waals surface area contributed by atoms with E-state index < -0.39 is 46.1 Å². The lowest BCUT2D eigenvalue weighted by Gasteiger charge is -2.31. The fraction of sp³-hybridized carbons (Fsp3) is 0.803. The first-order valence-electron chi connectivity index (χ1n) is 29.7. The van der Waals surface area contributed by atoms with Crippen LogP contribution in [0.2, 0.25) is 0 Å². The molecule has 5 rings (SSSR count). The summed E-state index contributed by atoms with van der Waals surface area (Å²) in [6.07, 6.45) is 27.7. The van der Waals surface area contributed by atoms with Gasteiger partial charge in [-0.05, 0) is 127 Å². The Balaban J connectivity index is 0.000000340. The van der Waals surface area contributed by atoms with Crippen LogP contribution in [-0.2, 0) is 52.3 Å². The second kappa shape index (κ2) is 35.1. The molecule has 4 fully saturated rings. The number of unbranched alkanes of at least 4 members (excludes halogenated alkanes) is 10. The standard InChI is InChI=1S/C34H54O8S.C27H48O6/c1-5-6-7-10-13-21-34(39-23-24-40-34)22-20-30-29(14-11-8-9-12-15-33(36)41-26(2)3)31(35)25-32(30)42-43(37,38)28-18-16-27(4)17-19-28;1-4-5-6-8-11-15-27(32-18-19-33-27)16-14-23-22(24(28)20-25(23)29)13-10-7-9-12-17-31-26(30)21(2)3/h8,11,16-19,26,29-32,35H,5-7,9-10,12-15,20-25H2,1-4H3;7,10,21-25,28-29H,4-6,8-9,11-20H2,1-3H3/b11-8-;10-7-/t29-,30-,31+,32-;22-,23-,24+,25-/m11/s1. The largest absolute Gasteiger partial charge is 0.465 e. The summed E-state index contributed by atoms with van der Waals surface area (Å²) < 4.78 is 67.2. The van der Waals surface area contributed by atoms with Gasteiger partial charge in [-0.3, -0.25) is 13.8 Å². The smallest absolute Gasteiger partial charge is 0.308 e. The lowest BCUT2D eigenvalue weighted by molar-refractivity contribution is -0.172. The third-order valence-corrected chi connectivity index (χ3v) is 17.1. The Hall–Kier alpha value is -2.73. The molecule has 2 saturated carbocycles. The van der Waals surface area contributed by atoms with Crippen molar-refractivity contribution in [2.24, 2.45) is 29.6 Å². The Labute approximate surface area is 458 Å². The highest BCUT2D eigenvalue weighted by Gasteiger charge is 2.47. The Morgan fingerprint density at radius 2 is 1.12 bits per heavy atom. The maximum absolute atomic E-state index is 13.3. The van der Waals surface area contributed by atoms with Gasteiger partial charge in [-0.15, -0.1) is 0 Å². The van der Waals surface area contributed by atoms with Crippen LogP contribution in [0.15, 0.2) is 53.5 Å². The molecule has 0 spiro atoms. The molecular formula is C61H102O14S. The first-order chi connectivity index (χ1) is 36.4. The predicted octanol–water partition coefficient (Wildman–Crippen LogP) is 12.2. The van der Waals surface area contributed by atoms with Gasteiger partial charge in [-0.1, -0.05) is 121 Å². The highest BCUT2D eigenvalue weighted by Crippen LogP contribution is 2.45. The minimum atomic E-state index is -4.00. The third-order valence-electron chi connectivity index (χ3n) is 15.7. The van der Waals surface area contributed by atoms with E-state index in [4.69, 9.17) is 32.6 Å². The number of hydrogen-bond donors (Lipinski definition) is 3. The number of esters is 2. The van der Waals surface area contributed by atoms with Gasteiger partial charge < -0.3 is 43.7 Å². The van der Waals surface area contributed by atoms with E-state index in [0.29, 0.717) is 71.6 Å². The lowest BCUT2D eigenvalue weighted by Crippen LogP contribution is -2.33. The minimum absolute atomic E-state index is 0.0537. The van der Waals surface area contributed by atoms with Gasteiger partial charge in [0, 0.05) is 38.5 Å². The summed E-state index contributed by atoms with van der Waals surface area (Å²) in [5.41, 5.74) is 0.966. The van der Waals surface area contributed by atoms with Gasteiger partial charge in [0.2, 0.25) is 0 Å². The Morgan fingerprint density at radius 3 is 1.64 bits per heavy atom. The lowest BCUT2D eigenvalue weighted by atomic mass is 9.85. The summed E-state index contributed by atoms with van der Waals surface area (Å²) in [6.45, 7) is 16.5. The van der Waals surface area contributed by atoms with Crippen molar-refractivity contribution in [1.82, 2.24) is 0 Å². The van der Waals surface area contributed by atoms with Crippen LogP contribution in [0.5, 0.6) is 0 Å². The quantitative estimate of drug-likeness (QED) is 0.0251. The van der Waals surface area contributed by atoms with Crippen LogP contribution in [0.4, 0.5) is 0 Å². The normalized spacial score (nSPS) is 25.3. The summed E-state index contributed by atoms with van der Waals surface area (Å²) in [7, 11) is -4.00. The van der Waals surface area contributed by atoms with E-state index in [1.807, 2.05) is 46.8 Å². The van der Waals surface area contributed by atoms with Crippen LogP contribution in [0.1, 0.15) is 208 Å². The van der Waals surface area contributed by atoms with Crippen LogP contribution in [0, 0.1) is 36.5 Å². The molecule has 0 radical (unpaired) electrons. The molecule has 0 amide bonds. The van der Waals surface area contributed by atoms with Gasteiger partial charge in [0.15, 0.2) is 11.6 Å². The summed E-state index contributed by atoms with van der Waals surface area (Å²) in [5.74, 6) is -1.85. The number of aryl methyl sites for hydroxylation is 1. The van der Waals surface area contributed by atoms with E-state index in [0.717, 1.165) is 76.2 Å². The monoisotopic (exact) mass is 1090 g/mol. The van der Waals surface area contributed by atoms with Crippen molar-refractivity contribution in [3.05, 3.63) is 54.1 Å². The number of aliphatic hydroxyl groups excluding tert-OH is 3. The molecule has 2 saturated heterocycles. The molecule has 76 heavy (non-hydrogen) atoms. The van der Waals surface area contributed by atoms with Crippen molar-refractivity contribution < 1.29 is 65.9 Å². The van der Waals surface area contributed by atoms with Crippen molar-refractivity contribution in [2.45, 2.75) is 256 Å². The van der Waals surface area contributed by atoms with Crippen molar-refractivity contribution in [3.63, 3.8) is 0 Å². The summed E-state index contributed by atoms with van der Waals surface area (Å²) in [4.78, 5) is 23.4. The van der Waals surface area contributed by atoms with Crippen LogP contribution >= 0.6 is 0 Å². The average molecular weight is 1090 g/mol. The molecule has 0 aromatic heterocycles.